The number of halogens is 1. The first-order valence-corrected chi connectivity index (χ1v) is 7.55. The van der Waals surface area contributed by atoms with Crippen molar-refractivity contribution in [2.75, 3.05) is 12.4 Å². The Morgan fingerprint density at radius 1 is 1.17 bits per heavy atom. The molecule has 1 atom stereocenters. The van der Waals surface area contributed by atoms with Crippen molar-refractivity contribution in [3.63, 3.8) is 0 Å². The fraction of sp³-hybridized carbons (Fsp3) is 0.176. The molecule has 0 aliphatic heterocycles. The van der Waals surface area contributed by atoms with Crippen LogP contribution < -0.4 is 10.1 Å². The lowest BCUT2D eigenvalue weighted by Gasteiger charge is -2.21. The number of para-hydroxylation sites is 1. The summed E-state index contributed by atoms with van der Waals surface area (Å²) in [5.41, 5.74) is 0.987. The highest BCUT2D eigenvalue weighted by molar-refractivity contribution is 6.30. The molecule has 3 rings (SSSR count). The quantitative estimate of drug-likeness (QED) is 0.776. The Morgan fingerprint density at radius 3 is 2.65 bits per heavy atom. The highest BCUT2D eigenvalue weighted by Crippen LogP contribution is 2.31. The molecule has 0 radical (unpaired) electrons. The van der Waals surface area contributed by atoms with Crippen LogP contribution in [0.1, 0.15) is 17.4 Å². The lowest BCUT2D eigenvalue weighted by Crippen LogP contribution is -2.18. The summed E-state index contributed by atoms with van der Waals surface area (Å²) < 4.78 is 7.47. The average Bonchev–Trinajstić information content (AvgIpc) is 3.00. The average molecular weight is 329 g/mol. The van der Waals surface area contributed by atoms with Gasteiger partial charge in [0.25, 0.3) is 0 Å². The zero-order valence-corrected chi connectivity index (χ0v) is 13.7. The minimum Gasteiger partial charge on any atom is -0.496 e. The van der Waals surface area contributed by atoms with Crippen molar-refractivity contribution in [1.82, 2.24) is 14.5 Å². The van der Waals surface area contributed by atoms with Gasteiger partial charge in [0.2, 0.25) is 0 Å². The van der Waals surface area contributed by atoms with Crippen molar-refractivity contribution >= 4 is 17.4 Å². The second-order valence-corrected chi connectivity index (χ2v) is 5.51. The first kappa shape index (κ1) is 15.4. The number of pyridine rings is 1. The molecule has 0 aliphatic rings. The maximum Gasteiger partial charge on any atom is 0.135 e. The molecule has 0 amide bonds. The van der Waals surface area contributed by atoms with E-state index in [2.05, 4.69) is 15.3 Å². The second kappa shape index (κ2) is 6.71. The van der Waals surface area contributed by atoms with Gasteiger partial charge < -0.3 is 14.6 Å². The van der Waals surface area contributed by atoms with Crippen molar-refractivity contribution in [3.05, 3.63) is 71.4 Å². The Bertz CT molecular complexity index is 785. The predicted molar refractivity (Wildman–Crippen MR) is 90.9 cm³/mol. The topological polar surface area (TPSA) is 52.0 Å². The molecule has 0 saturated heterocycles. The molecule has 5 nitrogen and oxygen atoms in total. The third-order valence-corrected chi connectivity index (χ3v) is 3.81. The number of anilines is 1. The third-order valence-electron chi connectivity index (χ3n) is 3.59. The van der Waals surface area contributed by atoms with E-state index >= 15 is 0 Å². The zero-order valence-electron chi connectivity index (χ0n) is 12.9. The molecule has 0 spiro atoms. The van der Waals surface area contributed by atoms with Gasteiger partial charge in [-0.1, -0.05) is 29.8 Å². The van der Waals surface area contributed by atoms with Crippen LogP contribution in [0, 0.1) is 0 Å². The summed E-state index contributed by atoms with van der Waals surface area (Å²) in [6, 6.07) is 11.3. The summed E-state index contributed by atoms with van der Waals surface area (Å²) in [6.07, 6.45) is 5.30. The van der Waals surface area contributed by atoms with E-state index in [1.54, 1.807) is 25.6 Å². The van der Waals surface area contributed by atoms with E-state index in [4.69, 9.17) is 16.3 Å². The van der Waals surface area contributed by atoms with E-state index in [0.29, 0.717) is 10.8 Å². The summed E-state index contributed by atoms with van der Waals surface area (Å²) in [4.78, 5) is 8.79. The normalized spacial score (nSPS) is 12.0. The molecule has 2 aromatic heterocycles. The Morgan fingerprint density at radius 2 is 2.00 bits per heavy atom. The Labute approximate surface area is 139 Å². The van der Waals surface area contributed by atoms with Gasteiger partial charge in [-0.15, -0.1) is 0 Å². The van der Waals surface area contributed by atoms with E-state index in [9.17, 15) is 0 Å². The fourth-order valence-electron chi connectivity index (χ4n) is 2.45. The van der Waals surface area contributed by atoms with E-state index < -0.39 is 0 Å². The van der Waals surface area contributed by atoms with Crippen molar-refractivity contribution < 1.29 is 4.74 Å². The molecule has 1 unspecified atom stereocenters. The number of imidazole rings is 1. The summed E-state index contributed by atoms with van der Waals surface area (Å²) in [5.74, 6) is 2.38. The first-order valence-electron chi connectivity index (χ1n) is 7.17. The summed E-state index contributed by atoms with van der Waals surface area (Å²) in [6.45, 7) is 0. The van der Waals surface area contributed by atoms with Gasteiger partial charge in [0.15, 0.2) is 0 Å². The van der Waals surface area contributed by atoms with E-state index in [1.165, 1.54) is 0 Å². The van der Waals surface area contributed by atoms with Gasteiger partial charge in [-0.05, 0) is 18.2 Å². The number of aromatic nitrogens is 3. The molecular formula is C17H17ClN4O. The van der Waals surface area contributed by atoms with Crippen LogP contribution in [-0.2, 0) is 7.05 Å². The number of methoxy groups -OCH3 is 1. The zero-order chi connectivity index (χ0) is 16.2. The Balaban J connectivity index is 2.04. The molecule has 23 heavy (non-hydrogen) atoms. The second-order valence-electron chi connectivity index (χ2n) is 5.08. The number of hydrogen-bond donors (Lipinski definition) is 1. The maximum atomic E-state index is 5.91. The lowest BCUT2D eigenvalue weighted by atomic mass is 10.0. The molecular weight excluding hydrogens is 312 g/mol. The molecule has 6 heteroatoms. The van der Waals surface area contributed by atoms with Gasteiger partial charge >= 0.3 is 0 Å². The number of nitrogens with one attached hydrogen (secondary N) is 1. The number of benzene rings is 1. The minimum atomic E-state index is -0.195. The summed E-state index contributed by atoms with van der Waals surface area (Å²) >= 11 is 5.91. The number of rotatable bonds is 5. The highest BCUT2D eigenvalue weighted by Gasteiger charge is 2.22. The van der Waals surface area contributed by atoms with Crippen molar-refractivity contribution in [1.29, 1.82) is 0 Å². The van der Waals surface area contributed by atoms with Crippen LogP contribution in [0.5, 0.6) is 5.75 Å². The van der Waals surface area contributed by atoms with Gasteiger partial charge in [0, 0.05) is 31.2 Å². The van der Waals surface area contributed by atoms with Crippen LogP contribution in [0.3, 0.4) is 0 Å². The van der Waals surface area contributed by atoms with Crippen LogP contribution in [0.15, 0.2) is 55.0 Å². The van der Waals surface area contributed by atoms with Gasteiger partial charge in [-0.25, -0.2) is 9.97 Å². The van der Waals surface area contributed by atoms with Gasteiger partial charge in [-0.2, -0.15) is 0 Å². The molecule has 0 fully saturated rings. The molecule has 0 aliphatic carbocycles. The summed E-state index contributed by atoms with van der Waals surface area (Å²) in [7, 11) is 3.62. The van der Waals surface area contributed by atoms with Crippen LogP contribution in [0.25, 0.3) is 0 Å². The standard InChI is InChI=1S/C17H17ClN4O/c1-22-10-9-19-17(22)16(13-5-3-4-6-14(13)23-2)21-15-8-7-12(18)11-20-15/h3-11,16H,1-2H3,(H,20,21). The first-order chi connectivity index (χ1) is 11.2. The van der Waals surface area contributed by atoms with E-state index in [0.717, 1.165) is 17.1 Å². The van der Waals surface area contributed by atoms with Crippen molar-refractivity contribution in [3.8, 4) is 5.75 Å². The van der Waals surface area contributed by atoms with Crippen molar-refractivity contribution in [2.24, 2.45) is 7.05 Å². The Hall–Kier alpha value is -2.53. The molecule has 1 aromatic carbocycles. The van der Waals surface area contributed by atoms with E-state index in [-0.39, 0.29) is 6.04 Å². The Kier molecular flexibility index (Phi) is 4.48. The van der Waals surface area contributed by atoms with Crippen LogP contribution in [0.2, 0.25) is 5.02 Å². The smallest absolute Gasteiger partial charge is 0.135 e. The van der Waals surface area contributed by atoms with E-state index in [1.807, 2.05) is 48.1 Å². The number of ether oxygens (including phenoxy) is 1. The molecule has 0 saturated carbocycles. The van der Waals surface area contributed by atoms with Crippen molar-refractivity contribution in [2.45, 2.75) is 6.04 Å². The maximum absolute atomic E-state index is 5.91. The largest absolute Gasteiger partial charge is 0.496 e. The minimum absolute atomic E-state index is 0.195. The number of hydrogen-bond acceptors (Lipinski definition) is 4. The fourth-order valence-corrected chi connectivity index (χ4v) is 2.56. The van der Waals surface area contributed by atoms with Crippen LogP contribution in [-0.4, -0.2) is 21.6 Å². The van der Waals surface area contributed by atoms with Crippen LogP contribution >= 0.6 is 11.6 Å². The van der Waals surface area contributed by atoms with Gasteiger partial charge in [0.05, 0.1) is 12.1 Å². The SMILES string of the molecule is COc1ccccc1C(Nc1ccc(Cl)cn1)c1nccn1C. The lowest BCUT2D eigenvalue weighted by molar-refractivity contribution is 0.408. The number of nitrogens with zero attached hydrogens (tertiary/aromatic N) is 3. The van der Waals surface area contributed by atoms with Gasteiger partial charge in [0.1, 0.15) is 23.4 Å². The van der Waals surface area contributed by atoms with Gasteiger partial charge in [-0.3, -0.25) is 0 Å². The summed E-state index contributed by atoms with van der Waals surface area (Å²) in [5, 5.41) is 4.01. The molecule has 0 bridgehead atoms. The molecule has 118 valence electrons. The predicted octanol–water partition coefficient (Wildman–Crippen LogP) is 3.68. The molecule has 3 aromatic rings. The number of aryl methyl sites for hydroxylation is 1. The van der Waals surface area contributed by atoms with Crippen LogP contribution in [0.4, 0.5) is 5.82 Å². The monoisotopic (exact) mass is 328 g/mol. The third kappa shape index (κ3) is 3.29. The molecule has 2 heterocycles. The molecule has 1 N–H and O–H groups in total. The highest BCUT2D eigenvalue weighted by atomic mass is 35.5.